The Balaban J connectivity index is 2.05. The molecule has 0 bridgehead atoms. The van der Waals surface area contributed by atoms with Gasteiger partial charge in [-0.1, -0.05) is 61.3 Å². The number of carbonyl (C=O) groups is 2. The lowest BCUT2D eigenvalue weighted by Gasteiger charge is -2.33. The molecule has 3 aromatic rings. The number of nitrogens with zero attached hydrogens (tertiary/aromatic N) is 2. The number of benzene rings is 3. The van der Waals surface area contributed by atoms with Crippen LogP contribution in [-0.2, 0) is 26.2 Å². The minimum absolute atomic E-state index is 0.0116. The van der Waals surface area contributed by atoms with Crippen LogP contribution in [0.1, 0.15) is 44.7 Å². The van der Waals surface area contributed by atoms with Crippen molar-refractivity contribution in [2.45, 2.75) is 64.1 Å². The van der Waals surface area contributed by atoms with E-state index in [2.05, 4.69) is 5.32 Å². The highest BCUT2D eigenvalue weighted by Gasteiger charge is 2.34. The van der Waals surface area contributed by atoms with Crippen LogP contribution in [-0.4, -0.2) is 43.8 Å². The molecule has 0 fully saturated rings. The van der Waals surface area contributed by atoms with Crippen LogP contribution >= 0.6 is 11.6 Å². The first-order chi connectivity index (χ1) is 19.0. The van der Waals surface area contributed by atoms with Crippen LogP contribution in [0, 0.1) is 12.7 Å². The predicted octanol–water partition coefficient (Wildman–Crippen LogP) is 5.70. The average Bonchev–Trinajstić information content (AvgIpc) is 2.92. The minimum Gasteiger partial charge on any atom is -0.352 e. The van der Waals surface area contributed by atoms with Gasteiger partial charge >= 0.3 is 0 Å². The van der Waals surface area contributed by atoms with Crippen LogP contribution in [0.5, 0.6) is 0 Å². The maximum absolute atomic E-state index is 14.0. The Bertz CT molecular complexity index is 1420. The first-order valence-electron chi connectivity index (χ1n) is 13.2. The fourth-order valence-electron chi connectivity index (χ4n) is 4.14. The predicted molar refractivity (Wildman–Crippen MR) is 156 cm³/mol. The van der Waals surface area contributed by atoms with Crippen LogP contribution in [0.4, 0.5) is 10.1 Å². The van der Waals surface area contributed by atoms with E-state index in [1.807, 2.05) is 20.8 Å². The summed E-state index contributed by atoms with van der Waals surface area (Å²) < 4.78 is 42.3. The summed E-state index contributed by atoms with van der Waals surface area (Å²) >= 11 is 6.20. The molecule has 2 unspecified atom stereocenters. The van der Waals surface area contributed by atoms with Crippen LogP contribution in [0.2, 0.25) is 5.02 Å². The van der Waals surface area contributed by atoms with Crippen LogP contribution in [0.15, 0.2) is 77.7 Å². The number of carbonyl (C=O) groups excluding carboxylic acids is 2. The van der Waals surface area contributed by atoms with Crippen LogP contribution in [0.3, 0.4) is 0 Å². The van der Waals surface area contributed by atoms with E-state index in [0.717, 1.165) is 9.87 Å². The number of halogens is 2. The van der Waals surface area contributed by atoms with Crippen molar-refractivity contribution in [2.75, 3.05) is 10.8 Å². The number of sulfonamides is 1. The fourth-order valence-corrected chi connectivity index (χ4v) is 5.74. The number of nitrogens with one attached hydrogen (secondary N) is 1. The van der Waals surface area contributed by atoms with E-state index >= 15 is 0 Å². The lowest BCUT2D eigenvalue weighted by Crippen LogP contribution is -2.53. The summed E-state index contributed by atoms with van der Waals surface area (Å²) in [6, 6.07) is 17.2. The highest BCUT2D eigenvalue weighted by atomic mass is 35.5. The molecule has 2 amide bonds. The number of anilines is 1. The van der Waals surface area contributed by atoms with Crippen molar-refractivity contribution in [1.29, 1.82) is 0 Å². The van der Waals surface area contributed by atoms with Gasteiger partial charge in [-0.3, -0.25) is 13.9 Å². The number of hydrogen-bond acceptors (Lipinski definition) is 4. The molecular formula is C30H35ClFN3O4S. The number of rotatable bonds is 12. The summed E-state index contributed by atoms with van der Waals surface area (Å²) in [6.45, 7) is 6.84. The lowest BCUT2D eigenvalue weighted by atomic mass is 10.1. The molecule has 0 saturated carbocycles. The van der Waals surface area contributed by atoms with Gasteiger partial charge in [0.25, 0.3) is 10.0 Å². The van der Waals surface area contributed by atoms with Crippen molar-refractivity contribution in [1.82, 2.24) is 10.2 Å². The number of amides is 2. The molecule has 0 aliphatic rings. The molecule has 3 rings (SSSR count). The zero-order valence-electron chi connectivity index (χ0n) is 23.1. The molecule has 10 heteroatoms. The molecule has 2 atom stereocenters. The zero-order valence-corrected chi connectivity index (χ0v) is 24.7. The molecule has 40 heavy (non-hydrogen) atoms. The van der Waals surface area contributed by atoms with Gasteiger partial charge in [-0.2, -0.15) is 0 Å². The average molecular weight is 588 g/mol. The molecular weight excluding hydrogens is 553 g/mol. The molecule has 7 nitrogen and oxygen atoms in total. The molecule has 0 aromatic heterocycles. The van der Waals surface area contributed by atoms with E-state index in [4.69, 9.17) is 11.6 Å². The van der Waals surface area contributed by atoms with Crippen molar-refractivity contribution in [3.63, 3.8) is 0 Å². The summed E-state index contributed by atoms with van der Waals surface area (Å²) in [7, 11) is -4.19. The second kappa shape index (κ2) is 13.8. The van der Waals surface area contributed by atoms with Gasteiger partial charge in [-0.05, 0) is 74.7 Å². The lowest BCUT2D eigenvalue weighted by molar-refractivity contribution is -0.140. The van der Waals surface area contributed by atoms with Crippen LogP contribution in [0.25, 0.3) is 0 Å². The molecule has 0 heterocycles. The quantitative estimate of drug-likeness (QED) is 0.294. The van der Waals surface area contributed by atoms with E-state index in [-0.39, 0.29) is 35.5 Å². The van der Waals surface area contributed by atoms with Gasteiger partial charge in [0.1, 0.15) is 18.4 Å². The number of hydrogen-bond donors (Lipinski definition) is 1. The molecule has 0 saturated heterocycles. The molecule has 0 aliphatic heterocycles. The molecule has 3 aromatic carbocycles. The van der Waals surface area contributed by atoms with E-state index < -0.39 is 34.3 Å². The third-order valence-electron chi connectivity index (χ3n) is 6.64. The molecule has 214 valence electrons. The Morgan fingerprint density at radius 1 is 0.975 bits per heavy atom. The first-order valence-corrected chi connectivity index (χ1v) is 15.0. The Hall–Kier alpha value is -3.43. The van der Waals surface area contributed by atoms with Crippen molar-refractivity contribution in [3.8, 4) is 0 Å². The fraction of sp³-hybridized carbons (Fsp3) is 0.333. The highest BCUT2D eigenvalue weighted by Crippen LogP contribution is 2.27. The van der Waals surface area contributed by atoms with E-state index in [9.17, 15) is 22.4 Å². The van der Waals surface area contributed by atoms with E-state index in [1.165, 1.54) is 47.4 Å². The van der Waals surface area contributed by atoms with Crippen molar-refractivity contribution >= 4 is 39.1 Å². The monoisotopic (exact) mass is 587 g/mol. The maximum Gasteiger partial charge on any atom is 0.264 e. The van der Waals surface area contributed by atoms with Gasteiger partial charge in [0, 0.05) is 17.6 Å². The largest absolute Gasteiger partial charge is 0.352 e. The second-order valence-corrected chi connectivity index (χ2v) is 12.0. The van der Waals surface area contributed by atoms with E-state index in [1.54, 1.807) is 37.3 Å². The number of aryl methyl sites for hydroxylation is 1. The highest BCUT2D eigenvalue weighted by molar-refractivity contribution is 7.92. The topological polar surface area (TPSA) is 86.8 Å². The van der Waals surface area contributed by atoms with Crippen LogP contribution < -0.4 is 9.62 Å². The molecule has 0 aliphatic carbocycles. The van der Waals surface area contributed by atoms with E-state index in [0.29, 0.717) is 17.0 Å². The Morgan fingerprint density at radius 3 is 2.20 bits per heavy atom. The van der Waals surface area contributed by atoms with Crippen molar-refractivity contribution in [2.24, 2.45) is 0 Å². The smallest absolute Gasteiger partial charge is 0.264 e. The summed E-state index contributed by atoms with van der Waals surface area (Å²) in [5, 5.41) is 3.22. The van der Waals surface area contributed by atoms with Gasteiger partial charge in [-0.15, -0.1) is 0 Å². The minimum atomic E-state index is -4.19. The van der Waals surface area contributed by atoms with Gasteiger partial charge in [0.05, 0.1) is 10.6 Å². The Labute approximate surface area is 241 Å². The molecule has 0 spiro atoms. The molecule has 1 N–H and O–H groups in total. The third kappa shape index (κ3) is 7.82. The zero-order chi connectivity index (χ0) is 29.4. The van der Waals surface area contributed by atoms with Gasteiger partial charge in [0.2, 0.25) is 11.8 Å². The van der Waals surface area contributed by atoms with Gasteiger partial charge in [-0.25, -0.2) is 12.8 Å². The SMILES string of the molecule is CCC(C)NC(=O)C(CC)N(Cc1ccc(F)cc1)C(=O)CN(c1cccc(Cl)c1)S(=O)(=O)c1ccc(C)cc1. The van der Waals surface area contributed by atoms with Gasteiger partial charge in [0.15, 0.2) is 0 Å². The normalized spacial score (nSPS) is 12.8. The molecule has 0 radical (unpaired) electrons. The Morgan fingerprint density at radius 2 is 1.62 bits per heavy atom. The van der Waals surface area contributed by atoms with Gasteiger partial charge < -0.3 is 10.2 Å². The first kappa shape index (κ1) is 31.1. The third-order valence-corrected chi connectivity index (χ3v) is 8.66. The summed E-state index contributed by atoms with van der Waals surface area (Å²) in [5.74, 6) is -1.37. The second-order valence-electron chi connectivity index (χ2n) is 9.69. The summed E-state index contributed by atoms with van der Waals surface area (Å²) in [4.78, 5) is 28.6. The maximum atomic E-state index is 14.0. The summed E-state index contributed by atoms with van der Waals surface area (Å²) in [5.41, 5.74) is 1.69. The van der Waals surface area contributed by atoms with Crippen molar-refractivity contribution < 1.29 is 22.4 Å². The summed E-state index contributed by atoms with van der Waals surface area (Å²) in [6.07, 6.45) is 0.989. The standard InChI is InChI=1S/C30H35ClFN3O4S/c1-5-22(4)33-30(37)28(6-2)34(19-23-12-14-25(32)15-13-23)29(36)20-35(26-9-7-8-24(31)18-26)40(38,39)27-16-10-21(3)11-17-27/h7-18,22,28H,5-6,19-20H2,1-4H3,(H,33,37). The Kier molecular flexibility index (Phi) is 10.7. The van der Waals surface area contributed by atoms with Crippen molar-refractivity contribution in [3.05, 3.63) is 94.8 Å².